The van der Waals surface area contributed by atoms with Gasteiger partial charge in [0.2, 0.25) is 0 Å². The minimum Gasteiger partial charge on any atom is -0.359 e. The Balaban J connectivity index is 1.83. The van der Waals surface area contributed by atoms with Crippen LogP contribution in [0.5, 0.6) is 0 Å². The van der Waals surface area contributed by atoms with E-state index >= 15 is 0 Å². The van der Waals surface area contributed by atoms with Crippen LogP contribution in [0.15, 0.2) is 4.99 Å². The molecule has 2 unspecified atom stereocenters. The van der Waals surface area contributed by atoms with Crippen LogP contribution in [0.2, 0.25) is 0 Å². The van der Waals surface area contributed by atoms with Gasteiger partial charge in [0.25, 0.3) is 0 Å². The van der Waals surface area contributed by atoms with Gasteiger partial charge in [-0.05, 0) is 37.5 Å². The predicted octanol–water partition coefficient (Wildman–Crippen LogP) is 3.67. The summed E-state index contributed by atoms with van der Waals surface area (Å²) < 4.78 is 0. The summed E-state index contributed by atoms with van der Waals surface area (Å²) in [6.45, 7) is 7.97. The third kappa shape index (κ3) is 3.18. The summed E-state index contributed by atoms with van der Waals surface area (Å²) in [5, 5.41) is 4.85. The maximum atomic E-state index is 4.80. The second kappa shape index (κ2) is 5.64. The smallest absolute Gasteiger partial charge is 0.157 e. The molecule has 3 heteroatoms. The summed E-state index contributed by atoms with van der Waals surface area (Å²) in [5.41, 5.74) is 0.326. The number of nitrogens with one attached hydrogen (secondary N) is 1. The lowest BCUT2D eigenvalue weighted by Crippen LogP contribution is -2.42. The van der Waals surface area contributed by atoms with Gasteiger partial charge in [0, 0.05) is 17.8 Å². The molecule has 98 valence electrons. The van der Waals surface area contributed by atoms with Crippen molar-refractivity contribution in [2.45, 2.75) is 58.4 Å². The summed E-state index contributed by atoms with van der Waals surface area (Å²) >= 11 is 1.92. The Labute approximate surface area is 110 Å². The zero-order chi connectivity index (χ0) is 12.3. The van der Waals surface area contributed by atoms with Gasteiger partial charge >= 0.3 is 0 Å². The summed E-state index contributed by atoms with van der Waals surface area (Å²) in [6.07, 6.45) is 6.58. The van der Waals surface area contributed by atoms with E-state index in [2.05, 4.69) is 26.1 Å². The minimum atomic E-state index is 0.326. The average molecular weight is 254 g/mol. The lowest BCUT2D eigenvalue weighted by atomic mass is 9.96. The molecule has 1 saturated heterocycles. The largest absolute Gasteiger partial charge is 0.359 e. The molecule has 2 nitrogen and oxygen atoms in total. The van der Waals surface area contributed by atoms with Gasteiger partial charge in [0.1, 0.15) is 0 Å². The highest BCUT2D eigenvalue weighted by Crippen LogP contribution is 2.32. The monoisotopic (exact) mass is 254 g/mol. The average Bonchev–Trinajstić information content (AvgIpc) is 2.93. The Hall–Kier alpha value is -0.180. The molecule has 0 amide bonds. The molecular formula is C14H26N2S. The van der Waals surface area contributed by atoms with Crippen LogP contribution in [0.3, 0.4) is 0 Å². The topological polar surface area (TPSA) is 24.4 Å². The molecule has 2 aliphatic rings. The fourth-order valence-electron chi connectivity index (χ4n) is 2.92. The summed E-state index contributed by atoms with van der Waals surface area (Å²) in [6, 6.07) is 0. The zero-order valence-electron chi connectivity index (χ0n) is 11.5. The molecule has 0 bridgehead atoms. The number of rotatable bonds is 4. The van der Waals surface area contributed by atoms with Gasteiger partial charge in [-0.1, -0.05) is 39.0 Å². The molecule has 17 heavy (non-hydrogen) atoms. The van der Waals surface area contributed by atoms with Crippen LogP contribution < -0.4 is 5.32 Å². The van der Waals surface area contributed by atoms with Crippen molar-refractivity contribution < 1.29 is 0 Å². The fraction of sp³-hybridized carbons (Fsp3) is 0.929. The van der Waals surface area contributed by atoms with Crippen LogP contribution in [0, 0.1) is 11.8 Å². The fourth-order valence-corrected chi connectivity index (χ4v) is 4.27. The molecule has 2 fully saturated rings. The van der Waals surface area contributed by atoms with Gasteiger partial charge in [0.05, 0.1) is 0 Å². The minimum absolute atomic E-state index is 0.326. The lowest BCUT2D eigenvalue weighted by Gasteiger charge is -2.25. The van der Waals surface area contributed by atoms with Gasteiger partial charge in [-0.15, -0.1) is 0 Å². The van der Waals surface area contributed by atoms with Crippen molar-refractivity contribution in [1.82, 2.24) is 5.32 Å². The van der Waals surface area contributed by atoms with Crippen molar-refractivity contribution in [1.29, 1.82) is 0 Å². The quantitative estimate of drug-likeness (QED) is 0.827. The van der Waals surface area contributed by atoms with Crippen LogP contribution in [-0.4, -0.2) is 23.0 Å². The third-order valence-electron chi connectivity index (χ3n) is 4.51. The van der Waals surface area contributed by atoms with Gasteiger partial charge in [-0.25, -0.2) is 0 Å². The van der Waals surface area contributed by atoms with E-state index < -0.39 is 0 Å². The van der Waals surface area contributed by atoms with Gasteiger partial charge in [0.15, 0.2) is 5.17 Å². The molecule has 0 aromatic carbocycles. The van der Waals surface area contributed by atoms with Crippen LogP contribution in [-0.2, 0) is 0 Å². The van der Waals surface area contributed by atoms with Crippen molar-refractivity contribution in [3.05, 3.63) is 0 Å². The number of thioether (sulfide) groups is 1. The van der Waals surface area contributed by atoms with Crippen molar-refractivity contribution in [2.75, 3.05) is 12.3 Å². The molecule has 1 aliphatic heterocycles. The van der Waals surface area contributed by atoms with Crippen molar-refractivity contribution >= 4 is 16.9 Å². The lowest BCUT2D eigenvalue weighted by molar-refractivity contribution is 0.407. The van der Waals surface area contributed by atoms with E-state index in [1.807, 2.05) is 11.8 Å². The first kappa shape index (κ1) is 13.3. The van der Waals surface area contributed by atoms with E-state index in [1.165, 1.54) is 43.0 Å². The number of amidine groups is 1. The predicted molar refractivity (Wildman–Crippen MR) is 77.7 cm³/mol. The Morgan fingerprint density at radius 3 is 2.65 bits per heavy atom. The maximum absolute atomic E-state index is 4.80. The molecule has 2 atom stereocenters. The van der Waals surface area contributed by atoms with Crippen LogP contribution in [0.4, 0.5) is 0 Å². The normalized spacial score (nSPS) is 34.2. The first-order valence-corrected chi connectivity index (χ1v) is 8.11. The van der Waals surface area contributed by atoms with Gasteiger partial charge in [-0.2, -0.15) is 0 Å². The Bertz CT molecular complexity index is 284. The first-order valence-electron chi connectivity index (χ1n) is 7.13. The van der Waals surface area contributed by atoms with Crippen molar-refractivity contribution in [3.8, 4) is 0 Å². The molecule has 0 aromatic heterocycles. The number of hydrogen-bond donors (Lipinski definition) is 1. The molecule has 1 aliphatic carbocycles. The van der Waals surface area contributed by atoms with Gasteiger partial charge in [-0.3, -0.25) is 4.99 Å². The first-order chi connectivity index (χ1) is 8.17. The van der Waals surface area contributed by atoms with E-state index in [0.29, 0.717) is 5.54 Å². The van der Waals surface area contributed by atoms with E-state index in [-0.39, 0.29) is 0 Å². The van der Waals surface area contributed by atoms with E-state index in [4.69, 9.17) is 4.99 Å². The number of hydrogen-bond acceptors (Lipinski definition) is 2. The van der Waals surface area contributed by atoms with Crippen LogP contribution in [0.1, 0.15) is 52.9 Å². The summed E-state index contributed by atoms with van der Waals surface area (Å²) in [7, 11) is 0. The van der Waals surface area contributed by atoms with Crippen molar-refractivity contribution in [3.63, 3.8) is 0 Å². The van der Waals surface area contributed by atoms with E-state index in [9.17, 15) is 0 Å². The van der Waals surface area contributed by atoms with E-state index in [1.54, 1.807) is 0 Å². The SMILES string of the molecule is CCC1(CC)CSC(=NCC2CCC(C)C2)N1. The third-order valence-corrected chi connectivity index (χ3v) is 5.71. The Kier molecular flexibility index (Phi) is 4.40. The number of nitrogens with zero attached hydrogens (tertiary/aromatic N) is 1. The highest BCUT2D eigenvalue weighted by Gasteiger charge is 2.33. The Morgan fingerprint density at radius 1 is 1.35 bits per heavy atom. The molecule has 1 heterocycles. The standard InChI is InChI=1S/C14H26N2S/c1-4-14(5-2)10-17-13(16-14)15-9-12-7-6-11(3)8-12/h11-12H,4-10H2,1-3H3,(H,15,16). The second-order valence-corrected chi connectivity index (χ2v) is 6.80. The maximum Gasteiger partial charge on any atom is 0.157 e. The molecule has 0 spiro atoms. The highest BCUT2D eigenvalue weighted by molar-refractivity contribution is 8.14. The molecule has 0 aromatic rings. The number of aliphatic imine (C=N–C) groups is 1. The summed E-state index contributed by atoms with van der Waals surface area (Å²) in [4.78, 5) is 4.80. The molecule has 1 N–H and O–H groups in total. The van der Waals surface area contributed by atoms with Crippen LogP contribution in [0.25, 0.3) is 0 Å². The molecule has 1 saturated carbocycles. The Morgan fingerprint density at radius 2 is 2.12 bits per heavy atom. The highest BCUT2D eigenvalue weighted by atomic mass is 32.2. The van der Waals surface area contributed by atoms with Crippen molar-refractivity contribution in [2.24, 2.45) is 16.8 Å². The summed E-state index contributed by atoms with van der Waals surface area (Å²) in [5.74, 6) is 2.97. The second-order valence-electron chi connectivity index (χ2n) is 5.83. The molecule has 0 radical (unpaired) electrons. The van der Waals surface area contributed by atoms with Crippen LogP contribution >= 0.6 is 11.8 Å². The zero-order valence-corrected chi connectivity index (χ0v) is 12.3. The molecular weight excluding hydrogens is 228 g/mol. The van der Waals surface area contributed by atoms with Gasteiger partial charge < -0.3 is 5.32 Å². The molecule has 2 rings (SSSR count). The van der Waals surface area contributed by atoms with E-state index in [0.717, 1.165) is 18.4 Å².